The molecule has 86 valence electrons. The predicted molar refractivity (Wildman–Crippen MR) is 65.6 cm³/mol. The number of H-pyrrole nitrogens is 2. The van der Waals surface area contributed by atoms with Gasteiger partial charge in [0.15, 0.2) is 4.77 Å². The number of hydrogen-bond acceptors (Lipinski definition) is 4. The van der Waals surface area contributed by atoms with Crippen LogP contribution in [-0.4, -0.2) is 19.7 Å². The van der Waals surface area contributed by atoms with Crippen molar-refractivity contribution >= 4 is 23.6 Å². The first-order valence-electron chi connectivity index (χ1n) is 4.84. The van der Waals surface area contributed by atoms with E-state index in [0.717, 1.165) is 15.6 Å². The third-order valence-corrected chi connectivity index (χ3v) is 3.96. The van der Waals surface area contributed by atoms with Gasteiger partial charge in [-0.2, -0.15) is 0 Å². The lowest BCUT2D eigenvalue weighted by molar-refractivity contribution is 0.614. The summed E-state index contributed by atoms with van der Waals surface area (Å²) in [6.07, 6.45) is 0. The summed E-state index contributed by atoms with van der Waals surface area (Å²) in [5.74, 6) is 0. The minimum absolute atomic E-state index is 0.0892. The standard InChI is InChI=1S/C9H12N4OS2/c1-4-7(16-6(3)10-4)5(2)13-8(14)11-12-9(13)15/h5H,1-3H3,(H,11,14)(H,12,15). The fourth-order valence-electron chi connectivity index (χ4n) is 1.72. The van der Waals surface area contributed by atoms with Crippen molar-refractivity contribution in [1.29, 1.82) is 0 Å². The van der Waals surface area contributed by atoms with Gasteiger partial charge in [0.2, 0.25) is 0 Å². The van der Waals surface area contributed by atoms with Crippen molar-refractivity contribution in [2.24, 2.45) is 0 Å². The first-order chi connectivity index (χ1) is 7.50. The van der Waals surface area contributed by atoms with E-state index in [2.05, 4.69) is 15.2 Å². The quantitative estimate of drug-likeness (QED) is 0.807. The maximum atomic E-state index is 11.6. The third kappa shape index (κ3) is 1.76. The molecule has 1 atom stereocenters. The monoisotopic (exact) mass is 256 g/mol. The lowest BCUT2D eigenvalue weighted by Crippen LogP contribution is -2.21. The van der Waals surface area contributed by atoms with Crippen LogP contribution in [-0.2, 0) is 0 Å². The molecule has 16 heavy (non-hydrogen) atoms. The van der Waals surface area contributed by atoms with Gasteiger partial charge in [-0.3, -0.25) is 9.67 Å². The van der Waals surface area contributed by atoms with Gasteiger partial charge in [-0.25, -0.2) is 14.9 Å². The third-order valence-electron chi connectivity index (χ3n) is 2.42. The van der Waals surface area contributed by atoms with Gasteiger partial charge in [0, 0.05) is 0 Å². The second kappa shape index (κ2) is 3.99. The molecule has 2 N–H and O–H groups in total. The van der Waals surface area contributed by atoms with E-state index in [9.17, 15) is 4.79 Å². The van der Waals surface area contributed by atoms with E-state index in [1.807, 2.05) is 20.8 Å². The number of rotatable bonds is 2. The number of nitrogens with zero attached hydrogens (tertiary/aromatic N) is 2. The summed E-state index contributed by atoms with van der Waals surface area (Å²) in [5, 5.41) is 6.11. The van der Waals surface area contributed by atoms with Crippen LogP contribution in [0, 0.1) is 18.6 Å². The average Bonchev–Trinajstić information content (AvgIpc) is 2.70. The van der Waals surface area contributed by atoms with Crippen LogP contribution in [0.25, 0.3) is 0 Å². The summed E-state index contributed by atoms with van der Waals surface area (Å²) in [4.78, 5) is 17.0. The fraction of sp³-hybridized carbons (Fsp3) is 0.444. The number of aromatic amines is 2. The number of hydrogen-bond donors (Lipinski definition) is 2. The van der Waals surface area contributed by atoms with Crippen LogP contribution in [0.15, 0.2) is 4.79 Å². The van der Waals surface area contributed by atoms with Crippen LogP contribution in [0.2, 0.25) is 0 Å². The molecule has 2 rings (SSSR count). The molecule has 0 spiro atoms. The minimum Gasteiger partial charge on any atom is -0.272 e. The Balaban J connectivity index is 2.55. The molecule has 2 heterocycles. The Labute approximate surface area is 101 Å². The van der Waals surface area contributed by atoms with E-state index < -0.39 is 0 Å². The molecule has 0 saturated heterocycles. The highest BCUT2D eigenvalue weighted by Gasteiger charge is 2.17. The molecule has 0 amide bonds. The Hall–Kier alpha value is -1.21. The van der Waals surface area contributed by atoms with E-state index in [-0.39, 0.29) is 11.7 Å². The molecule has 0 aromatic carbocycles. The van der Waals surface area contributed by atoms with Gasteiger partial charge in [-0.05, 0) is 33.0 Å². The summed E-state index contributed by atoms with van der Waals surface area (Å²) < 4.78 is 1.93. The average molecular weight is 256 g/mol. The van der Waals surface area contributed by atoms with Gasteiger partial charge in [0.05, 0.1) is 21.6 Å². The van der Waals surface area contributed by atoms with Crippen LogP contribution in [0.3, 0.4) is 0 Å². The predicted octanol–water partition coefficient (Wildman–Crippen LogP) is 1.92. The highest BCUT2D eigenvalue weighted by molar-refractivity contribution is 7.71. The smallest absolute Gasteiger partial charge is 0.272 e. The maximum absolute atomic E-state index is 11.6. The first-order valence-corrected chi connectivity index (χ1v) is 6.06. The molecule has 0 aliphatic carbocycles. The Kier molecular flexibility index (Phi) is 2.81. The lowest BCUT2D eigenvalue weighted by atomic mass is 10.2. The molecule has 2 aromatic heterocycles. The normalized spacial score (nSPS) is 12.9. The largest absolute Gasteiger partial charge is 0.342 e. The van der Waals surface area contributed by atoms with Crippen LogP contribution >= 0.6 is 23.6 Å². The summed E-state index contributed by atoms with van der Waals surface area (Å²) in [5.41, 5.74) is 0.737. The molecular weight excluding hydrogens is 244 g/mol. The van der Waals surface area contributed by atoms with Gasteiger partial charge < -0.3 is 0 Å². The zero-order chi connectivity index (χ0) is 11.9. The van der Waals surface area contributed by atoms with Crippen LogP contribution < -0.4 is 5.69 Å². The maximum Gasteiger partial charge on any atom is 0.342 e. The Morgan fingerprint density at radius 2 is 2.12 bits per heavy atom. The zero-order valence-electron chi connectivity index (χ0n) is 9.20. The van der Waals surface area contributed by atoms with Crippen molar-refractivity contribution in [3.8, 4) is 0 Å². The second-order valence-corrected chi connectivity index (χ2v) is 5.21. The van der Waals surface area contributed by atoms with Crippen LogP contribution in [0.5, 0.6) is 0 Å². The van der Waals surface area contributed by atoms with E-state index in [1.54, 1.807) is 11.3 Å². The van der Waals surface area contributed by atoms with Crippen molar-refractivity contribution in [1.82, 2.24) is 19.7 Å². The highest BCUT2D eigenvalue weighted by atomic mass is 32.1. The van der Waals surface area contributed by atoms with Crippen LogP contribution in [0.1, 0.15) is 28.5 Å². The lowest BCUT2D eigenvalue weighted by Gasteiger charge is -2.09. The summed E-state index contributed by atoms with van der Waals surface area (Å²) >= 11 is 6.65. The molecule has 7 heteroatoms. The topological polar surface area (TPSA) is 66.5 Å². The summed E-state index contributed by atoms with van der Waals surface area (Å²) in [6.45, 7) is 5.84. The van der Waals surface area contributed by atoms with Crippen molar-refractivity contribution < 1.29 is 0 Å². The fourth-order valence-corrected chi connectivity index (χ4v) is 2.99. The Morgan fingerprint density at radius 3 is 2.56 bits per heavy atom. The van der Waals surface area contributed by atoms with Crippen molar-refractivity contribution in [3.63, 3.8) is 0 Å². The van der Waals surface area contributed by atoms with E-state index in [4.69, 9.17) is 12.2 Å². The van der Waals surface area contributed by atoms with Crippen LogP contribution in [0.4, 0.5) is 0 Å². The molecular formula is C9H12N4OS2. The minimum atomic E-state index is -0.219. The SMILES string of the molecule is Cc1nc(C)c(C(C)n2c(=O)[nH][nH]c2=S)s1. The van der Waals surface area contributed by atoms with Gasteiger partial charge in [0.1, 0.15) is 0 Å². The van der Waals surface area contributed by atoms with E-state index >= 15 is 0 Å². The number of thiazole rings is 1. The van der Waals surface area contributed by atoms with Gasteiger partial charge in [-0.1, -0.05) is 0 Å². The summed E-state index contributed by atoms with van der Waals surface area (Å²) in [7, 11) is 0. The number of aromatic nitrogens is 4. The Bertz CT molecular complexity index is 590. The molecule has 0 fully saturated rings. The van der Waals surface area contributed by atoms with Gasteiger partial charge >= 0.3 is 5.69 Å². The number of aryl methyl sites for hydroxylation is 2. The molecule has 0 saturated carbocycles. The molecule has 0 aliphatic heterocycles. The van der Waals surface area contributed by atoms with Crippen molar-refractivity contribution in [3.05, 3.63) is 30.8 Å². The van der Waals surface area contributed by atoms with E-state index in [0.29, 0.717) is 4.77 Å². The first kappa shape index (κ1) is 11.3. The zero-order valence-corrected chi connectivity index (χ0v) is 10.8. The van der Waals surface area contributed by atoms with Crippen molar-refractivity contribution in [2.75, 3.05) is 0 Å². The Morgan fingerprint density at radius 1 is 1.44 bits per heavy atom. The van der Waals surface area contributed by atoms with Crippen molar-refractivity contribution in [2.45, 2.75) is 26.8 Å². The molecule has 1 unspecified atom stereocenters. The summed E-state index contributed by atoms with van der Waals surface area (Å²) in [6, 6.07) is -0.0892. The van der Waals surface area contributed by atoms with E-state index in [1.165, 1.54) is 4.57 Å². The highest BCUT2D eigenvalue weighted by Crippen LogP contribution is 2.26. The molecule has 2 aromatic rings. The second-order valence-electron chi connectivity index (χ2n) is 3.59. The van der Waals surface area contributed by atoms with Gasteiger partial charge in [-0.15, -0.1) is 11.3 Å². The van der Waals surface area contributed by atoms with Gasteiger partial charge in [0.25, 0.3) is 0 Å². The molecule has 0 bridgehead atoms. The molecule has 0 aliphatic rings. The molecule has 5 nitrogen and oxygen atoms in total. The number of nitrogens with one attached hydrogen (secondary N) is 2. The molecule has 0 radical (unpaired) electrons.